The first kappa shape index (κ1) is 18.7. The summed E-state index contributed by atoms with van der Waals surface area (Å²) in [6.07, 6.45) is 5.79. The molecule has 31 heavy (non-hydrogen) atoms. The second-order valence-corrected chi connectivity index (χ2v) is 8.87. The fourth-order valence-corrected chi connectivity index (χ4v) is 5.16. The van der Waals surface area contributed by atoms with Crippen LogP contribution in [0.4, 0.5) is 0 Å². The molecule has 2 N–H and O–H groups in total. The zero-order valence-electron chi connectivity index (χ0n) is 17.7. The van der Waals surface area contributed by atoms with E-state index in [9.17, 15) is 0 Å². The van der Waals surface area contributed by atoms with Gasteiger partial charge >= 0.3 is 0 Å². The Morgan fingerprint density at radius 3 is 2.97 bits per heavy atom. The second kappa shape index (κ2) is 7.57. The molecule has 4 aromatic rings. The smallest absolute Gasteiger partial charge is 0.171 e. The Kier molecular flexibility index (Phi) is 4.57. The van der Waals surface area contributed by atoms with Gasteiger partial charge in [0.05, 0.1) is 5.52 Å². The number of ether oxygens (including phenoxy) is 2. The molecule has 0 radical (unpaired) electrons. The summed E-state index contributed by atoms with van der Waals surface area (Å²) in [7, 11) is 0. The van der Waals surface area contributed by atoms with E-state index in [0.29, 0.717) is 18.6 Å². The molecule has 1 aliphatic carbocycles. The van der Waals surface area contributed by atoms with Gasteiger partial charge in [-0.05, 0) is 68.0 Å². The number of aromatic amines is 1. The molecule has 1 aliphatic heterocycles. The Labute approximate surface area is 181 Å². The number of rotatable bonds is 4. The highest BCUT2D eigenvalue weighted by atomic mass is 16.6. The first-order valence-electron chi connectivity index (χ1n) is 11.2. The number of nitrogens with one attached hydrogen (secondary N) is 2. The molecule has 0 bridgehead atoms. The van der Waals surface area contributed by atoms with Crippen LogP contribution in [-0.4, -0.2) is 35.3 Å². The van der Waals surface area contributed by atoms with E-state index in [2.05, 4.69) is 51.8 Å². The molecule has 0 saturated heterocycles. The van der Waals surface area contributed by atoms with Crippen LogP contribution >= 0.6 is 0 Å². The summed E-state index contributed by atoms with van der Waals surface area (Å²) in [6.45, 7) is 3.37. The van der Waals surface area contributed by atoms with Crippen LogP contribution in [0, 0.1) is 6.92 Å². The van der Waals surface area contributed by atoms with Gasteiger partial charge in [-0.15, -0.1) is 0 Å². The Balaban J connectivity index is 1.11. The first-order valence-corrected chi connectivity index (χ1v) is 11.2. The molecule has 0 unspecified atom stereocenters. The monoisotopic (exact) mass is 413 g/mol. The number of hydrogen-bond donors (Lipinski definition) is 2. The zero-order valence-corrected chi connectivity index (χ0v) is 17.7. The largest absolute Gasteiger partial charge is 0.486 e. The van der Waals surface area contributed by atoms with E-state index in [1.54, 1.807) is 0 Å². The lowest BCUT2D eigenvalue weighted by atomic mass is 9.97. The Morgan fingerprint density at radius 1 is 1.06 bits per heavy atom. The number of aromatic nitrogens is 2. The molecule has 2 aromatic heterocycles. The molecular weight excluding hydrogens is 386 g/mol. The predicted octanol–water partition coefficient (Wildman–Crippen LogP) is 5.09. The van der Waals surface area contributed by atoms with Crippen molar-refractivity contribution in [3.05, 3.63) is 66.0 Å². The van der Waals surface area contributed by atoms with Gasteiger partial charge in [-0.2, -0.15) is 0 Å². The van der Waals surface area contributed by atoms with Gasteiger partial charge in [0.2, 0.25) is 0 Å². The summed E-state index contributed by atoms with van der Waals surface area (Å²) in [4.78, 5) is 8.05. The van der Waals surface area contributed by atoms with Crippen LogP contribution in [-0.2, 0) is 0 Å². The van der Waals surface area contributed by atoms with Crippen molar-refractivity contribution in [1.82, 2.24) is 15.3 Å². The van der Waals surface area contributed by atoms with Gasteiger partial charge in [-0.25, -0.2) is 0 Å². The predicted molar refractivity (Wildman–Crippen MR) is 123 cm³/mol. The number of H-pyrrole nitrogens is 1. The van der Waals surface area contributed by atoms with Crippen molar-refractivity contribution >= 4 is 21.8 Å². The van der Waals surface area contributed by atoms with Crippen molar-refractivity contribution in [3.8, 4) is 11.5 Å². The lowest BCUT2D eigenvalue weighted by molar-refractivity contribution is 0.0902. The molecule has 3 heterocycles. The molecule has 5 nitrogen and oxygen atoms in total. The van der Waals surface area contributed by atoms with Gasteiger partial charge < -0.3 is 19.8 Å². The highest BCUT2D eigenvalue weighted by Crippen LogP contribution is 2.39. The molecule has 2 aromatic carbocycles. The van der Waals surface area contributed by atoms with Gasteiger partial charge in [-0.3, -0.25) is 4.98 Å². The third-order valence-electron chi connectivity index (χ3n) is 6.76. The maximum atomic E-state index is 6.37. The fourth-order valence-electron chi connectivity index (χ4n) is 5.16. The van der Waals surface area contributed by atoms with E-state index in [-0.39, 0.29) is 6.10 Å². The van der Waals surface area contributed by atoms with E-state index in [4.69, 9.17) is 9.47 Å². The van der Waals surface area contributed by atoms with Crippen molar-refractivity contribution in [1.29, 1.82) is 0 Å². The zero-order chi connectivity index (χ0) is 20.8. The summed E-state index contributed by atoms with van der Waals surface area (Å²) in [5.41, 5.74) is 4.65. The number of nitrogens with zero attached hydrogens (tertiary/aromatic N) is 1. The number of fused-ring (bicyclic) bond motifs is 4. The molecule has 2 aliphatic rings. The van der Waals surface area contributed by atoms with Crippen LogP contribution in [0.5, 0.6) is 11.5 Å². The van der Waals surface area contributed by atoms with E-state index in [0.717, 1.165) is 41.1 Å². The molecule has 5 heteroatoms. The highest BCUT2D eigenvalue weighted by Gasteiger charge is 2.29. The molecule has 1 fully saturated rings. The summed E-state index contributed by atoms with van der Waals surface area (Å²) in [5.74, 6) is 2.25. The van der Waals surface area contributed by atoms with Crippen LogP contribution in [0.2, 0.25) is 0 Å². The lowest BCUT2D eigenvalue weighted by Crippen LogP contribution is -2.41. The van der Waals surface area contributed by atoms with Crippen molar-refractivity contribution in [2.24, 2.45) is 0 Å². The normalized spacial score (nSPS) is 22.9. The van der Waals surface area contributed by atoms with Crippen LogP contribution in [0.1, 0.15) is 36.4 Å². The van der Waals surface area contributed by atoms with E-state index in [1.807, 2.05) is 25.1 Å². The highest BCUT2D eigenvalue weighted by molar-refractivity contribution is 5.88. The first-order chi connectivity index (χ1) is 15.2. The van der Waals surface area contributed by atoms with Crippen molar-refractivity contribution < 1.29 is 9.47 Å². The fraction of sp³-hybridized carbons (Fsp3) is 0.346. The van der Waals surface area contributed by atoms with Crippen molar-refractivity contribution in [3.63, 3.8) is 0 Å². The SMILES string of the molecule is Cc1ccc2c3c(ccc2n1)OC[C@H](CN[C@H]1CC[C@@H](c2c[nH]c4ccccc24)C1)O3. The quantitative estimate of drug-likeness (QED) is 0.489. The molecule has 6 rings (SSSR count). The average molecular weight is 414 g/mol. The van der Waals surface area contributed by atoms with Gasteiger partial charge in [-0.1, -0.05) is 18.2 Å². The maximum Gasteiger partial charge on any atom is 0.171 e. The van der Waals surface area contributed by atoms with Crippen LogP contribution in [0.25, 0.3) is 21.8 Å². The molecule has 1 saturated carbocycles. The van der Waals surface area contributed by atoms with Crippen molar-refractivity contribution in [2.45, 2.75) is 44.2 Å². The molecule has 3 atom stereocenters. The Hall–Kier alpha value is -3.05. The van der Waals surface area contributed by atoms with Gasteiger partial charge in [0.15, 0.2) is 11.5 Å². The third kappa shape index (κ3) is 3.43. The Bertz CT molecular complexity index is 1250. The molecule has 158 valence electrons. The summed E-state index contributed by atoms with van der Waals surface area (Å²) in [5, 5.41) is 6.14. The van der Waals surface area contributed by atoms with Gasteiger partial charge in [0, 0.05) is 40.8 Å². The Morgan fingerprint density at radius 2 is 2.00 bits per heavy atom. The van der Waals surface area contributed by atoms with Gasteiger partial charge in [0.1, 0.15) is 12.7 Å². The van der Waals surface area contributed by atoms with Gasteiger partial charge in [0.25, 0.3) is 0 Å². The molecular formula is C26H27N3O2. The molecule has 0 amide bonds. The van der Waals surface area contributed by atoms with E-state index in [1.165, 1.54) is 29.3 Å². The topological polar surface area (TPSA) is 59.2 Å². The number of para-hydroxylation sites is 1. The maximum absolute atomic E-state index is 6.37. The average Bonchev–Trinajstić information content (AvgIpc) is 3.44. The van der Waals surface area contributed by atoms with Crippen LogP contribution in [0.3, 0.4) is 0 Å². The number of benzene rings is 2. The third-order valence-corrected chi connectivity index (χ3v) is 6.76. The summed E-state index contributed by atoms with van der Waals surface area (Å²) < 4.78 is 12.4. The lowest BCUT2D eigenvalue weighted by Gasteiger charge is -2.28. The standard InChI is InChI=1S/C26H27N3O2/c1-16-6-9-21-24(29-16)10-11-25-26(21)31-19(15-30-25)13-27-18-8-7-17(12-18)22-14-28-23-5-3-2-4-20(22)23/h2-6,9-11,14,17-19,27-28H,7-8,12-13,15H2,1H3/t17-,18+,19+/m1/s1. The van der Waals surface area contributed by atoms with E-state index >= 15 is 0 Å². The number of pyridine rings is 1. The van der Waals surface area contributed by atoms with E-state index < -0.39 is 0 Å². The minimum Gasteiger partial charge on any atom is -0.486 e. The van der Waals surface area contributed by atoms with Crippen LogP contribution in [0.15, 0.2) is 54.7 Å². The molecule has 0 spiro atoms. The second-order valence-electron chi connectivity index (χ2n) is 8.87. The summed E-state index contributed by atoms with van der Waals surface area (Å²) in [6, 6.07) is 17.2. The number of hydrogen-bond acceptors (Lipinski definition) is 4. The summed E-state index contributed by atoms with van der Waals surface area (Å²) >= 11 is 0. The number of aryl methyl sites for hydroxylation is 1. The minimum atomic E-state index is 0.00606. The van der Waals surface area contributed by atoms with Crippen LogP contribution < -0.4 is 14.8 Å². The minimum absolute atomic E-state index is 0.00606. The van der Waals surface area contributed by atoms with Crippen molar-refractivity contribution in [2.75, 3.05) is 13.2 Å².